The number of urea groups is 1. The van der Waals surface area contributed by atoms with Gasteiger partial charge >= 0.3 is 18.3 Å². The largest absolute Gasteiger partial charge is 0.447 e. The van der Waals surface area contributed by atoms with Crippen molar-refractivity contribution in [1.29, 1.82) is 0 Å². The lowest BCUT2D eigenvalue weighted by atomic mass is 10.1. The fourth-order valence-corrected chi connectivity index (χ4v) is 4.92. The number of aromatic nitrogens is 1. The van der Waals surface area contributed by atoms with Crippen LogP contribution in [0.25, 0.3) is 10.8 Å². The molecule has 0 bridgehead atoms. The lowest BCUT2D eigenvalue weighted by molar-refractivity contribution is -0.192. The van der Waals surface area contributed by atoms with Crippen LogP contribution in [-0.2, 0) is 16.1 Å². The molecule has 2 heterocycles. The average Bonchev–Trinajstić information content (AvgIpc) is 3.00. The summed E-state index contributed by atoms with van der Waals surface area (Å²) in [5.41, 5.74) is 0.315. The molecule has 1 aromatic heterocycles. The minimum absolute atomic E-state index is 0.112. The van der Waals surface area contributed by atoms with Crippen molar-refractivity contribution in [1.82, 2.24) is 25.4 Å². The van der Waals surface area contributed by atoms with Crippen molar-refractivity contribution in [3.05, 3.63) is 71.1 Å². The van der Waals surface area contributed by atoms with Crippen molar-refractivity contribution in [3.8, 4) is 0 Å². The first-order chi connectivity index (χ1) is 20.9. The number of carbonyl (C=O) groups is 3. The molecule has 1 aliphatic heterocycles. The Kier molecular flexibility index (Phi) is 10.8. The number of carbonyl (C=O) groups excluding carboxylic acids is 3. The number of halogens is 5. The Morgan fingerprint density at radius 3 is 2.68 bits per heavy atom. The number of nitrogens with one attached hydrogen (secondary N) is 3. The van der Waals surface area contributed by atoms with Gasteiger partial charge < -0.3 is 25.2 Å². The number of pyridine rings is 1. The quantitative estimate of drug-likeness (QED) is 0.287. The molecule has 1 fully saturated rings. The number of ether oxygens (including phenoxy) is 1. The number of piperazine rings is 1. The molecular formula is C29H31ClF4N6O4. The van der Waals surface area contributed by atoms with E-state index in [0.717, 1.165) is 15.7 Å². The number of nitrogens with zero attached hydrogens (tertiary/aromatic N) is 3. The summed E-state index contributed by atoms with van der Waals surface area (Å²) in [4.78, 5) is 44.7. The standard InChI is InChI=1S/C29H31ClF4N6O4/c1-39(27(42)37-15-20-7-4-8-22(31)26(20)30)21(9-10-25(41)40-12-11-35-16-23(40)29(32,33)34)17-44-28(43)38-24-13-18-5-2-3-6-19(18)14-36-24/h2-8,13-14,21,23,35H,9-12,15-17H2,1H3,(H,37,42)(H,36,38,43)/t21-,23-/m0/s1. The van der Waals surface area contributed by atoms with Gasteiger partial charge in [0.1, 0.15) is 24.3 Å². The molecule has 2 aromatic carbocycles. The monoisotopic (exact) mass is 638 g/mol. The number of rotatable bonds is 9. The fraction of sp³-hybridized carbons (Fsp3) is 0.379. The molecule has 236 valence electrons. The first-order valence-electron chi connectivity index (χ1n) is 13.7. The van der Waals surface area contributed by atoms with E-state index >= 15 is 0 Å². The average molecular weight is 639 g/mol. The van der Waals surface area contributed by atoms with Gasteiger partial charge in [0.2, 0.25) is 5.91 Å². The van der Waals surface area contributed by atoms with Gasteiger partial charge in [-0.05, 0) is 29.5 Å². The number of fused-ring (bicyclic) bond motifs is 1. The van der Waals surface area contributed by atoms with Crippen molar-refractivity contribution >= 4 is 46.2 Å². The highest BCUT2D eigenvalue weighted by Crippen LogP contribution is 2.27. The third-order valence-corrected chi connectivity index (χ3v) is 7.65. The summed E-state index contributed by atoms with van der Waals surface area (Å²) in [6.45, 7) is -0.861. The topological polar surface area (TPSA) is 116 Å². The maximum Gasteiger partial charge on any atom is 0.412 e. The molecule has 3 N–H and O–H groups in total. The Labute approximate surface area is 255 Å². The van der Waals surface area contributed by atoms with Crippen LogP contribution in [0.5, 0.6) is 0 Å². The molecule has 1 aliphatic rings. The highest BCUT2D eigenvalue weighted by molar-refractivity contribution is 6.31. The van der Waals surface area contributed by atoms with Crippen molar-refractivity contribution < 1.29 is 36.7 Å². The van der Waals surface area contributed by atoms with Crippen LogP contribution in [0.2, 0.25) is 5.02 Å². The number of amides is 4. The summed E-state index contributed by atoms with van der Waals surface area (Å²) in [5.74, 6) is -1.19. The molecule has 0 radical (unpaired) electrons. The van der Waals surface area contributed by atoms with E-state index in [2.05, 4.69) is 20.9 Å². The van der Waals surface area contributed by atoms with Crippen LogP contribution in [0.15, 0.2) is 54.7 Å². The zero-order valence-electron chi connectivity index (χ0n) is 23.7. The number of alkyl halides is 3. The van der Waals surface area contributed by atoms with E-state index in [4.69, 9.17) is 16.3 Å². The van der Waals surface area contributed by atoms with Crippen molar-refractivity contribution in [3.63, 3.8) is 0 Å². The van der Waals surface area contributed by atoms with Gasteiger partial charge in [0.25, 0.3) is 0 Å². The summed E-state index contributed by atoms with van der Waals surface area (Å²) in [6, 6.07) is 9.60. The van der Waals surface area contributed by atoms with Gasteiger partial charge in [0.05, 0.1) is 11.1 Å². The molecule has 3 aromatic rings. The number of hydrogen-bond acceptors (Lipinski definition) is 6. The van der Waals surface area contributed by atoms with Gasteiger partial charge in [-0.15, -0.1) is 0 Å². The summed E-state index contributed by atoms with van der Waals surface area (Å²) in [6.07, 6.45) is -4.38. The molecule has 0 spiro atoms. The molecule has 0 unspecified atom stereocenters. The second kappa shape index (κ2) is 14.5. The molecule has 4 rings (SSSR count). The third-order valence-electron chi connectivity index (χ3n) is 7.23. The van der Waals surface area contributed by atoms with Crippen LogP contribution in [-0.4, -0.2) is 84.4 Å². The maximum absolute atomic E-state index is 13.8. The van der Waals surface area contributed by atoms with E-state index in [-0.39, 0.29) is 49.9 Å². The van der Waals surface area contributed by atoms with Gasteiger partial charge in [-0.3, -0.25) is 10.1 Å². The summed E-state index contributed by atoms with van der Waals surface area (Å²) >= 11 is 5.97. The summed E-state index contributed by atoms with van der Waals surface area (Å²) < 4.78 is 59.8. The number of benzene rings is 2. The van der Waals surface area contributed by atoms with E-state index in [1.165, 1.54) is 30.1 Å². The molecule has 15 heteroatoms. The minimum Gasteiger partial charge on any atom is -0.447 e. The number of likely N-dealkylation sites (N-methyl/N-ethyl adjacent to an activating group) is 1. The van der Waals surface area contributed by atoms with Crippen LogP contribution in [0.4, 0.5) is 33.0 Å². The number of hydrogen-bond donors (Lipinski definition) is 3. The molecule has 0 saturated carbocycles. The lowest BCUT2D eigenvalue weighted by Gasteiger charge is -2.37. The molecule has 10 nitrogen and oxygen atoms in total. The second-order valence-electron chi connectivity index (χ2n) is 10.2. The van der Waals surface area contributed by atoms with Crippen molar-refractivity contribution in [2.75, 3.05) is 38.6 Å². The Balaban J connectivity index is 1.42. The Bertz CT molecular complexity index is 1490. The highest BCUT2D eigenvalue weighted by atomic mass is 35.5. The minimum atomic E-state index is -4.62. The third kappa shape index (κ3) is 8.47. The molecule has 1 saturated heterocycles. The normalized spacial score (nSPS) is 15.9. The van der Waals surface area contributed by atoms with Gasteiger partial charge in [0.15, 0.2) is 0 Å². The molecular weight excluding hydrogens is 608 g/mol. The molecule has 4 amide bonds. The van der Waals surface area contributed by atoms with Gasteiger partial charge in [0, 0.05) is 51.2 Å². The first kappa shape index (κ1) is 32.7. The van der Waals surface area contributed by atoms with E-state index in [0.29, 0.717) is 5.56 Å². The Hall–Kier alpha value is -4.17. The van der Waals surface area contributed by atoms with Gasteiger partial charge in [-0.2, -0.15) is 13.2 Å². The lowest BCUT2D eigenvalue weighted by Crippen LogP contribution is -2.59. The van der Waals surface area contributed by atoms with Crippen LogP contribution >= 0.6 is 11.6 Å². The van der Waals surface area contributed by atoms with E-state index in [9.17, 15) is 31.9 Å². The smallest absolute Gasteiger partial charge is 0.412 e. The Morgan fingerprint density at radius 2 is 1.93 bits per heavy atom. The first-order valence-corrected chi connectivity index (χ1v) is 14.1. The van der Waals surface area contributed by atoms with Crippen LogP contribution < -0.4 is 16.0 Å². The molecule has 0 aliphatic carbocycles. The van der Waals surface area contributed by atoms with E-state index < -0.39 is 48.7 Å². The van der Waals surface area contributed by atoms with Crippen LogP contribution in [0.3, 0.4) is 0 Å². The second-order valence-corrected chi connectivity index (χ2v) is 10.5. The summed E-state index contributed by atoms with van der Waals surface area (Å²) in [5, 5.41) is 9.27. The van der Waals surface area contributed by atoms with Crippen molar-refractivity contribution in [2.24, 2.45) is 0 Å². The van der Waals surface area contributed by atoms with Crippen molar-refractivity contribution in [2.45, 2.75) is 37.6 Å². The predicted octanol–water partition coefficient (Wildman–Crippen LogP) is 4.93. The predicted molar refractivity (Wildman–Crippen MR) is 156 cm³/mol. The SMILES string of the molecule is CN(C(=O)NCc1cccc(F)c1Cl)[C@@H](CCC(=O)N1CCNC[C@H]1C(F)(F)F)COC(=O)Nc1cc2ccccc2cn1. The molecule has 2 atom stereocenters. The van der Waals surface area contributed by atoms with Gasteiger partial charge in [-0.1, -0.05) is 48.0 Å². The van der Waals surface area contributed by atoms with Crippen LogP contribution in [0, 0.1) is 5.82 Å². The highest BCUT2D eigenvalue weighted by Gasteiger charge is 2.46. The maximum atomic E-state index is 13.8. The van der Waals surface area contributed by atoms with Gasteiger partial charge in [-0.25, -0.2) is 19.0 Å². The van der Waals surface area contributed by atoms with E-state index in [1.807, 2.05) is 24.3 Å². The molecule has 44 heavy (non-hydrogen) atoms. The fourth-order valence-electron chi connectivity index (χ4n) is 4.73. The Morgan fingerprint density at radius 1 is 1.18 bits per heavy atom. The van der Waals surface area contributed by atoms with E-state index in [1.54, 1.807) is 12.3 Å². The number of anilines is 1. The zero-order chi connectivity index (χ0) is 31.9. The summed E-state index contributed by atoms with van der Waals surface area (Å²) in [7, 11) is 1.38. The zero-order valence-corrected chi connectivity index (χ0v) is 24.4. The van der Waals surface area contributed by atoms with Crippen LogP contribution in [0.1, 0.15) is 18.4 Å².